The molecule has 1 aromatic carbocycles. The first-order valence-electron chi connectivity index (χ1n) is 8.24. The maximum atomic E-state index is 11.7. The summed E-state index contributed by atoms with van der Waals surface area (Å²) in [4.78, 5) is 23.5. The molecule has 3 heterocycles. The molecule has 0 spiro atoms. The molecule has 2 N–H and O–H groups in total. The summed E-state index contributed by atoms with van der Waals surface area (Å²) in [6.07, 6.45) is 3.80. The van der Waals surface area contributed by atoms with Crippen molar-refractivity contribution in [3.05, 3.63) is 12.1 Å². The van der Waals surface area contributed by atoms with Crippen molar-refractivity contribution in [1.29, 1.82) is 0 Å². The van der Waals surface area contributed by atoms with Gasteiger partial charge in [0, 0.05) is 19.6 Å². The second-order valence-corrected chi connectivity index (χ2v) is 7.82. The van der Waals surface area contributed by atoms with Crippen molar-refractivity contribution in [2.45, 2.75) is 26.2 Å². The van der Waals surface area contributed by atoms with Crippen LogP contribution < -0.4 is 15.5 Å². The van der Waals surface area contributed by atoms with Gasteiger partial charge in [0.2, 0.25) is 0 Å². The van der Waals surface area contributed by atoms with E-state index in [-0.39, 0.29) is 6.03 Å². The van der Waals surface area contributed by atoms with Crippen molar-refractivity contribution in [3.63, 3.8) is 0 Å². The molecule has 0 atom stereocenters. The van der Waals surface area contributed by atoms with Crippen LogP contribution >= 0.6 is 22.7 Å². The van der Waals surface area contributed by atoms with Crippen LogP contribution in [0.5, 0.6) is 0 Å². The van der Waals surface area contributed by atoms with Gasteiger partial charge in [-0.05, 0) is 38.3 Å². The number of carbonyl (C=O) groups is 1. The van der Waals surface area contributed by atoms with Gasteiger partial charge in [-0.25, -0.2) is 14.8 Å². The van der Waals surface area contributed by atoms with E-state index in [4.69, 9.17) is 4.98 Å². The third-order valence-electron chi connectivity index (χ3n) is 4.09. The van der Waals surface area contributed by atoms with Gasteiger partial charge in [-0.15, -0.1) is 0 Å². The number of hydrogen-bond acceptors (Lipinski definition) is 6. The third-order valence-corrected chi connectivity index (χ3v) is 6.16. The zero-order chi connectivity index (χ0) is 16.5. The Morgan fingerprint density at radius 2 is 2.04 bits per heavy atom. The Bertz CT molecular complexity index is 881. The maximum Gasteiger partial charge on any atom is 0.321 e. The fourth-order valence-electron chi connectivity index (χ4n) is 2.94. The number of amides is 2. The highest BCUT2D eigenvalue weighted by atomic mass is 32.1. The van der Waals surface area contributed by atoms with Crippen LogP contribution in [0.25, 0.3) is 20.4 Å². The minimum Gasteiger partial charge on any atom is -0.348 e. The van der Waals surface area contributed by atoms with E-state index in [0.29, 0.717) is 11.7 Å². The van der Waals surface area contributed by atoms with Gasteiger partial charge in [0.05, 0.1) is 14.9 Å². The van der Waals surface area contributed by atoms with Gasteiger partial charge in [0.15, 0.2) is 10.3 Å². The van der Waals surface area contributed by atoms with Gasteiger partial charge in [-0.2, -0.15) is 0 Å². The van der Waals surface area contributed by atoms with E-state index in [0.717, 1.165) is 34.0 Å². The van der Waals surface area contributed by atoms with Crippen LogP contribution in [0, 0.1) is 0 Å². The Morgan fingerprint density at radius 1 is 1.21 bits per heavy atom. The van der Waals surface area contributed by atoms with Crippen molar-refractivity contribution >= 4 is 59.4 Å². The average molecular weight is 361 g/mol. The molecular formula is C16H19N5OS2. The zero-order valence-electron chi connectivity index (χ0n) is 13.5. The maximum absolute atomic E-state index is 11.7. The normalized spacial score (nSPS) is 15.1. The summed E-state index contributed by atoms with van der Waals surface area (Å²) >= 11 is 3.23. The van der Waals surface area contributed by atoms with E-state index in [9.17, 15) is 4.79 Å². The van der Waals surface area contributed by atoms with Crippen molar-refractivity contribution < 1.29 is 4.79 Å². The molecule has 126 valence electrons. The highest BCUT2D eigenvalue weighted by Gasteiger charge is 2.18. The number of benzene rings is 1. The Kier molecular flexibility index (Phi) is 4.24. The molecule has 8 heteroatoms. The summed E-state index contributed by atoms with van der Waals surface area (Å²) in [6, 6.07) is 3.87. The van der Waals surface area contributed by atoms with Crippen molar-refractivity contribution in [1.82, 2.24) is 15.3 Å². The summed E-state index contributed by atoms with van der Waals surface area (Å²) in [5.41, 5.74) is 1.88. The van der Waals surface area contributed by atoms with E-state index in [1.807, 2.05) is 13.0 Å². The van der Waals surface area contributed by atoms with E-state index in [1.165, 1.54) is 35.3 Å². The molecule has 1 saturated heterocycles. The SMILES string of the molecule is CCNC(=O)Nc1nc2ccc3sc(N4CCCCC4)nc3c2s1. The summed E-state index contributed by atoms with van der Waals surface area (Å²) in [6.45, 7) is 4.66. The summed E-state index contributed by atoms with van der Waals surface area (Å²) in [5.74, 6) is 0. The number of rotatable bonds is 3. The van der Waals surface area contributed by atoms with Gasteiger partial charge in [0.25, 0.3) is 0 Å². The molecule has 2 aromatic heterocycles. The molecule has 0 aliphatic carbocycles. The second-order valence-electron chi connectivity index (χ2n) is 5.81. The number of thiazole rings is 2. The number of aromatic nitrogens is 2. The topological polar surface area (TPSA) is 70.2 Å². The Labute approximate surface area is 147 Å². The molecule has 1 aliphatic rings. The number of anilines is 2. The number of urea groups is 1. The van der Waals surface area contributed by atoms with Crippen LogP contribution in [0.2, 0.25) is 0 Å². The molecule has 24 heavy (non-hydrogen) atoms. The summed E-state index contributed by atoms with van der Waals surface area (Å²) in [5, 5.41) is 7.22. The molecule has 0 radical (unpaired) electrons. The second kappa shape index (κ2) is 6.52. The highest BCUT2D eigenvalue weighted by molar-refractivity contribution is 7.25. The number of piperidine rings is 1. The molecule has 2 amide bonds. The molecule has 0 bridgehead atoms. The zero-order valence-corrected chi connectivity index (χ0v) is 15.1. The van der Waals surface area contributed by atoms with Crippen molar-refractivity contribution in [2.24, 2.45) is 0 Å². The monoisotopic (exact) mass is 361 g/mol. The number of nitrogens with one attached hydrogen (secondary N) is 2. The highest BCUT2D eigenvalue weighted by Crippen LogP contribution is 2.37. The molecule has 4 rings (SSSR count). The lowest BCUT2D eigenvalue weighted by Crippen LogP contribution is -2.29. The van der Waals surface area contributed by atoms with Gasteiger partial charge in [0.1, 0.15) is 5.52 Å². The lowest BCUT2D eigenvalue weighted by atomic mass is 10.1. The number of nitrogens with zero attached hydrogens (tertiary/aromatic N) is 3. The first kappa shape index (κ1) is 15.6. The molecule has 1 aliphatic heterocycles. The van der Waals surface area contributed by atoms with Crippen LogP contribution in [-0.4, -0.2) is 35.6 Å². The Hall–Kier alpha value is -1.93. The molecule has 3 aromatic rings. The number of carbonyl (C=O) groups excluding carboxylic acids is 1. The smallest absolute Gasteiger partial charge is 0.321 e. The minimum absolute atomic E-state index is 0.222. The lowest BCUT2D eigenvalue weighted by molar-refractivity contribution is 0.252. The Morgan fingerprint density at radius 3 is 2.83 bits per heavy atom. The van der Waals surface area contributed by atoms with Gasteiger partial charge >= 0.3 is 6.03 Å². The number of hydrogen-bond donors (Lipinski definition) is 2. The van der Waals surface area contributed by atoms with Crippen molar-refractivity contribution in [3.8, 4) is 0 Å². The van der Waals surface area contributed by atoms with E-state index < -0.39 is 0 Å². The first-order valence-corrected chi connectivity index (χ1v) is 9.88. The fourth-order valence-corrected chi connectivity index (χ4v) is 4.98. The minimum atomic E-state index is -0.222. The van der Waals surface area contributed by atoms with Gasteiger partial charge in [-0.1, -0.05) is 22.7 Å². The number of fused-ring (bicyclic) bond motifs is 3. The summed E-state index contributed by atoms with van der Waals surface area (Å²) < 4.78 is 2.22. The van der Waals surface area contributed by atoms with Crippen molar-refractivity contribution in [2.75, 3.05) is 29.9 Å². The lowest BCUT2D eigenvalue weighted by Gasteiger charge is -2.25. The van der Waals surface area contributed by atoms with E-state index >= 15 is 0 Å². The molecule has 0 saturated carbocycles. The predicted molar refractivity (Wildman–Crippen MR) is 102 cm³/mol. The van der Waals surface area contributed by atoms with Gasteiger partial charge < -0.3 is 10.2 Å². The van der Waals surface area contributed by atoms with Crippen LogP contribution in [-0.2, 0) is 0 Å². The van der Waals surface area contributed by atoms with Gasteiger partial charge in [-0.3, -0.25) is 5.32 Å². The Balaban J connectivity index is 1.69. The molecule has 0 unspecified atom stereocenters. The molecular weight excluding hydrogens is 342 g/mol. The van der Waals surface area contributed by atoms with E-state index in [2.05, 4.69) is 26.6 Å². The third kappa shape index (κ3) is 2.91. The van der Waals surface area contributed by atoms with Crippen LogP contribution in [0.4, 0.5) is 15.1 Å². The predicted octanol–water partition coefficient (Wildman–Crippen LogP) is 4.04. The van der Waals surface area contributed by atoms with Crippen LogP contribution in [0.3, 0.4) is 0 Å². The molecule has 1 fully saturated rings. The fraction of sp³-hybridized carbons (Fsp3) is 0.438. The quantitative estimate of drug-likeness (QED) is 0.739. The largest absolute Gasteiger partial charge is 0.348 e. The van der Waals surface area contributed by atoms with Crippen LogP contribution in [0.15, 0.2) is 12.1 Å². The first-order chi connectivity index (χ1) is 11.7. The standard InChI is InChI=1S/C16H19N5OS2/c1-2-17-14(22)20-15-18-10-6-7-11-12(13(10)24-15)19-16(23-11)21-8-4-3-5-9-21/h6-7H,2-5,8-9H2,1H3,(H2,17,18,20,22). The van der Waals surface area contributed by atoms with Crippen LogP contribution in [0.1, 0.15) is 26.2 Å². The van der Waals surface area contributed by atoms with E-state index in [1.54, 1.807) is 11.3 Å². The summed E-state index contributed by atoms with van der Waals surface area (Å²) in [7, 11) is 0. The molecule has 6 nitrogen and oxygen atoms in total. The average Bonchev–Trinajstić information content (AvgIpc) is 3.18.